The first-order valence-corrected chi connectivity index (χ1v) is 8.26. The van der Waals surface area contributed by atoms with Crippen LogP contribution in [0.5, 0.6) is 0 Å². The van der Waals surface area contributed by atoms with Crippen LogP contribution in [0.15, 0.2) is 28.9 Å². The second-order valence-corrected chi connectivity index (χ2v) is 8.15. The predicted octanol–water partition coefficient (Wildman–Crippen LogP) is 4.51. The molecule has 2 rings (SSSR count). The molecule has 3 nitrogen and oxygen atoms in total. The molecule has 5 heteroatoms. The fourth-order valence-corrected chi connectivity index (χ4v) is 3.20. The van der Waals surface area contributed by atoms with Crippen molar-refractivity contribution >= 4 is 22.9 Å². The molecule has 2 aromatic heterocycles. The van der Waals surface area contributed by atoms with Crippen molar-refractivity contribution in [2.24, 2.45) is 0 Å². The lowest BCUT2D eigenvalue weighted by atomic mass is 10.1. The van der Waals surface area contributed by atoms with E-state index in [1.54, 1.807) is 17.6 Å². The summed E-state index contributed by atoms with van der Waals surface area (Å²) in [5.41, 5.74) is 1.33. The third kappa shape index (κ3) is 5.47. The van der Waals surface area contributed by atoms with Crippen LogP contribution in [0, 0.1) is 0 Å². The zero-order valence-electron chi connectivity index (χ0n) is 13.1. The molecule has 2 aromatic rings. The van der Waals surface area contributed by atoms with E-state index >= 15 is 0 Å². The fourth-order valence-electron chi connectivity index (χ4n) is 2.03. The highest BCUT2D eigenvalue weighted by molar-refractivity contribution is 7.16. The van der Waals surface area contributed by atoms with E-state index in [2.05, 4.69) is 44.1 Å². The van der Waals surface area contributed by atoms with Crippen molar-refractivity contribution in [3.63, 3.8) is 0 Å². The second kappa shape index (κ2) is 6.97. The number of nitrogens with zero attached hydrogens (tertiary/aromatic N) is 1. The van der Waals surface area contributed by atoms with E-state index in [-0.39, 0.29) is 5.54 Å². The maximum atomic E-state index is 5.97. The lowest BCUT2D eigenvalue weighted by molar-refractivity contribution is 0.287. The third-order valence-electron chi connectivity index (χ3n) is 3.11. The van der Waals surface area contributed by atoms with Gasteiger partial charge in [0.25, 0.3) is 0 Å². The van der Waals surface area contributed by atoms with Crippen LogP contribution in [0.1, 0.15) is 37.0 Å². The molecule has 0 saturated heterocycles. The monoisotopic (exact) mass is 326 g/mol. The van der Waals surface area contributed by atoms with Crippen LogP contribution in [0.2, 0.25) is 4.34 Å². The summed E-state index contributed by atoms with van der Waals surface area (Å²) < 4.78 is 6.48. The smallest absolute Gasteiger partial charge is 0.122 e. The van der Waals surface area contributed by atoms with Crippen LogP contribution in [-0.4, -0.2) is 17.5 Å². The largest absolute Gasteiger partial charge is 0.468 e. The van der Waals surface area contributed by atoms with Gasteiger partial charge in [-0.05, 0) is 46.0 Å². The second-order valence-electron chi connectivity index (χ2n) is 6.35. The quantitative estimate of drug-likeness (QED) is 0.846. The molecule has 0 spiro atoms. The minimum Gasteiger partial charge on any atom is -0.468 e. The van der Waals surface area contributed by atoms with E-state index < -0.39 is 0 Å². The molecule has 2 heterocycles. The Balaban J connectivity index is 1.92. The van der Waals surface area contributed by atoms with Crippen LogP contribution in [-0.2, 0) is 19.6 Å². The molecule has 0 fully saturated rings. The number of rotatable bonds is 6. The summed E-state index contributed by atoms with van der Waals surface area (Å²) in [6.45, 7) is 9.00. The van der Waals surface area contributed by atoms with Gasteiger partial charge < -0.3 is 9.73 Å². The minimum atomic E-state index is 0.105. The van der Waals surface area contributed by atoms with Crippen LogP contribution in [0.4, 0.5) is 0 Å². The van der Waals surface area contributed by atoms with Crippen LogP contribution in [0.25, 0.3) is 0 Å². The van der Waals surface area contributed by atoms with E-state index in [0.29, 0.717) is 0 Å². The number of hydrogen-bond acceptors (Lipinski definition) is 4. The van der Waals surface area contributed by atoms with Gasteiger partial charge >= 0.3 is 0 Å². The van der Waals surface area contributed by atoms with Gasteiger partial charge in [0.1, 0.15) is 5.76 Å². The SMILES string of the molecule is CN(Cc1ccc(Cl)s1)Cc1occc1CNC(C)(C)C. The van der Waals surface area contributed by atoms with E-state index in [1.165, 1.54) is 10.4 Å². The summed E-state index contributed by atoms with van der Waals surface area (Å²) in [5.74, 6) is 1.02. The van der Waals surface area contributed by atoms with E-state index in [1.807, 2.05) is 12.1 Å². The minimum absolute atomic E-state index is 0.105. The first-order chi connectivity index (χ1) is 9.83. The molecule has 0 aliphatic heterocycles. The topological polar surface area (TPSA) is 28.4 Å². The van der Waals surface area contributed by atoms with E-state index in [9.17, 15) is 0 Å². The molecule has 0 radical (unpaired) electrons. The van der Waals surface area contributed by atoms with Gasteiger partial charge in [0.15, 0.2) is 0 Å². The van der Waals surface area contributed by atoms with Crippen LogP contribution in [0.3, 0.4) is 0 Å². The Morgan fingerprint density at radius 1 is 1.24 bits per heavy atom. The van der Waals surface area contributed by atoms with Crippen LogP contribution < -0.4 is 5.32 Å². The van der Waals surface area contributed by atoms with Crippen molar-refractivity contribution in [1.82, 2.24) is 10.2 Å². The molecule has 0 aromatic carbocycles. The third-order valence-corrected chi connectivity index (χ3v) is 4.33. The average Bonchev–Trinajstić information content (AvgIpc) is 2.95. The Bertz CT molecular complexity index is 571. The Kier molecular flexibility index (Phi) is 5.49. The summed E-state index contributed by atoms with van der Waals surface area (Å²) >= 11 is 7.60. The van der Waals surface area contributed by atoms with E-state index in [0.717, 1.165) is 29.7 Å². The number of thiophene rings is 1. The molecule has 0 aliphatic carbocycles. The molecular formula is C16H23ClN2OS. The number of nitrogens with one attached hydrogen (secondary N) is 1. The summed E-state index contributed by atoms with van der Waals surface area (Å²) in [4.78, 5) is 3.50. The van der Waals surface area contributed by atoms with Gasteiger partial charge in [0.05, 0.1) is 17.1 Å². The molecule has 116 valence electrons. The molecule has 0 saturated carbocycles. The Labute approximate surface area is 135 Å². The van der Waals surface area contributed by atoms with Gasteiger partial charge in [-0.2, -0.15) is 0 Å². The first kappa shape index (κ1) is 16.6. The van der Waals surface area contributed by atoms with Crippen molar-refractivity contribution in [2.45, 2.75) is 45.9 Å². The molecule has 0 unspecified atom stereocenters. The highest BCUT2D eigenvalue weighted by Gasteiger charge is 2.14. The van der Waals surface area contributed by atoms with Gasteiger partial charge in [-0.25, -0.2) is 0 Å². The van der Waals surface area contributed by atoms with Crippen molar-refractivity contribution in [3.05, 3.63) is 45.0 Å². The summed E-state index contributed by atoms with van der Waals surface area (Å²) in [5, 5.41) is 3.50. The van der Waals surface area contributed by atoms with Gasteiger partial charge in [-0.15, -0.1) is 11.3 Å². The maximum absolute atomic E-state index is 5.97. The highest BCUT2D eigenvalue weighted by Crippen LogP contribution is 2.23. The van der Waals surface area contributed by atoms with Gasteiger partial charge in [0.2, 0.25) is 0 Å². The molecular weight excluding hydrogens is 304 g/mol. The van der Waals surface area contributed by atoms with Crippen LogP contribution >= 0.6 is 22.9 Å². The average molecular weight is 327 g/mol. The van der Waals surface area contributed by atoms with Gasteiger partial charge in [-0.3, -0.25) is 4.90 Å². The molecule has 21 heavy (non-hydrogen) atoms. The standard InChI is InChI=1S/C16H23ClN2OS/c1-16(2,3)18-9-12-7-8-20-14(12)11-19(4)10-13-5-6-15(17)21-13/h5-8,18H,9-11H2,1-4H3. The lowest BCUT2D eigenvalue weighted by Gasteiger charge is -2.21. The molecule has 0 aliphatic rings. The molecule has 0 amide bonds. The zero-order chi connectivity index (χ0) is 15.5. The summed E-state index contributed by atoms with van der Waals surface area (Å²) in [6.07, 6.45) is 1.77. The van der Waals surface area contributed by atoms with Gasteiger partial charge in [-0.1, -0.05) is 11.6 Å². The number of hydrogen-bond donors (Lipinski definition) is 1. The summed E-state index contributed by atoms with van der Waals surface area (Å²) in [7, 11) is 2.09. The number of halogens is 1. The van der Waals surface area contributed by atoms with Crippen molar-refractivity contribution in [1.29, 1.82) is 0 Å². The zero-order valence-corrected chi connectivity index (χ0v) is 14.6. The highest BCUT2D eigenvalue weighted by atomic mass is 35.5. The molecule has 0 atom stereocenters. The lowest BCUT2D eigenvalue weighted by Crippen LogP contribution is -2.35. The summed E-state index contributed by atoms with van der Waals surface area (Å²) in [6, 6.07) is 6.07. The first-order valence-electron chi connectivity index (χ1n) is 7.06. The fraction of sp³-hybridized carbons (Fsp3) is 0.500. The maximum Gasteiger partial charge on any atom is 0.122 e. The predicted molar refractivity (Wildman–Crippen MR) is 89.8 cm³/mol. The Morgan fingerprint density at radius 3 is 2.62 bits per heavy atom. The number of furan rings is 1. The Hall–Kier alpha value is -0.810. The normalized spacial score (nSPS) is 12.3. The molecule has 1 N–H and O–H groups in total. The Morgan fingerprint density at radius 2 is 2.00 bits per heavy atom. The van der Waals surface area contributed by atoms with Crippen molar-refractivity contribution in [3.8, 4) is 0 Å². The van der Waals surface area contributed by atoms with E-state index in [4.69, 9.17) is 16.0 Å². The van der Waals surface area contributed by atoms with Crippen molar-refractivity contribution < 1.29 is 4.42 Å². The van der Waals surface area contributed by atoms with Gasteiger partial charge in [0, 0.05) is 29.1 Å². The molecule has 0 bridgehead atoms. The van der Waals surface area contributed by atoms with Crippen molar-refractivity contribution in [2.75, 3.05) is 7.05 Å².